The molecule has 7 amide bonds. The van der Waals surface area contributed by atoms with Crippen molar-refractivity contribution in [3.63, 3.8) is 0 Å². The number of amides is 7. The highest BCUT2D eigenvalue weighted by molar-refractivity contribution is 5.94. The number of rotatable bonds is 28. The van der Waals surface area contributed by atoms with Gasteiger partial charge in [-0.3, -0.25) is 24.0 Å². The van der Waals surface area contributed by atoms with Crippen LogP contribution >= 0.6 is 0 Å². The average Bonchev–Trinajstić information content (AvgIpc) is 3.59. The topological polar surface area (TPSA) is 237 Å². The normalized spacial score (nSPS) is 18.5. The summed E-state index contributed by atoms with van der Waals surface area (Å²) in [7, 11) is 1.61. The van der Waals surface area contributed by atoms with Gasteiger partial charge in [-0.15, -0.1) is 0 Å². The molecule has 0 aromatic heterocycles. The number of carbonyl (C=O) groups is 7. The number of nitrogens with one attached hydrogen (secondary N) is 4. The molecular weight excluding hydrogens is 911 g/mol. The van der Waals surface area contributed by atoms with Crippen LogP contribution in [0.25, 0.3) is 0 Å². The van der Waals surface area contributed by atoms with E-state index in [2.05, 4.69) is 28.2 Å². The minimum absolute atomic E-state index is 0.0114. The molecule has 18 nitrogen and oxygen atoms in total. The van der Waals surface area contributed by atoms with Crippen LogP contribution in [-0.2, 0) is 49.5 Å². The van der Waals surface area contributed by atoms with E-state index in [1.165, 1.54) is 4.90 Å². The van der Waals surface area contributed by atoms with Crippen LogP contribution in [0.1, 0.15) is 157 Å². The van der Waals surface area contributed by atoms with Crippen LogP contribution in [-0.4, -0.2) is 133 Å². The Hall–Kier alpha value is -4.97. The molecule has 400 valence electrons. The quantitative estimate of drug-likeness (QED) is 0.0464. The zero-order chi connectivity index (χ0) is 52.1. The summed E-state index contributed by atoms with van der Waals surface area (Å²) in [6.45, 7) is 14.8. The molecule has 4 rings (SSSR count). The molecule has 1 aliphatic heterocycles. The van der Waals surface area contributed by atoms with Gasteiger partial charge >= 0.3 is 12.2 Å². The monoisotopic (exact) mass is 998 g/mol. The predicted octanol–water partition coefficient (Wildman–Crippen LogP) is 6.27. The van der Waals surface area contributed by atoms with Gasteiger partial charge in [-0.05, 0) is 77.7 Å². The minimum atomic E-state index is -1.28. The second kappa shape index (κ2) is 28.9. The Balaban J connectivity index is 1.31. The Kier molecular flexibility index (Phi) is 23.9. The standard InChI is InChI=1S/C53H87N7O11/c1-9-11-12-20-26-43(69-32-36(3)56-44(61)27-28-68-40-29-53(30-40)34-60(35-53)51(67)71-52(5,6)7)37(4)49(65)59(8)42(21-10-2)47(63)58-45(39-24-18-13-14-19-25-39)48(64)57-41(46(54)62)31-55-50(66)70-33-38-22-16-15-17-23-38/h15-17,22-23,36-37,39-43,45H,9-14,18-21,24-35H2,1-8H3,(H2,54,62)(H,55,66)(H,56,61)(H,57,64)(H,58,63)/t36-,37-,41+,42+,43-,45+/m1/s1. The number of alkyl carbamates (subject to hydrolysis) is 1. The van der Waals surface area contributed by atoms with Gasteiger partial charge in [-0.1, -0.05) is 109 Å². The first-order valence-electron chi connectivity index (χ1n) is 26.4. The van der Waals surface area contributed by atoms with E-state index < -0.39 is 59.6 Å². The third-order valence-corrected chi connectivity index (χ3v) is 13.9. The summed E-state index contributed by atoms with van der Waals surface area (Å²) in [6, 6.07) is 5.53. The number of ether oxygens (including phenoxy) is 4. The first-order chi connectivity index (χ1) is 33.7. The largest absolute Gasteiger partial charge is 0.445 e. The summed E-state index contributed by atoms with van der Waals surface area (Å²) in [5, 5.41) is 11.2. The molecule has 18 heteroatoms. The number of hydrogen-bond donors (Lipinski definition) is 5. The number of likely N-dealkylation sites (N-methyl/N-ethyl adjacent to an activating group) is 1. The van der Waals surface area contributed by atoms with Crippen LogP contribution in [0.2, 0.25) is 0 Å². The maximum absolute atomic E-state index is 14.4. The lowest BCUT2D eigenvalue weighted by Crippen LogP contribution is -2.65. The highest BCUT2D eigenvalue weighted by Crippen LogP contribution is 2.50. The first kappa shape index (κ1) is 58.6. The number of hydrogen-bond acceptors (Lipinski definition) is 11. The third kappa shape index (κ3) is 19.5. The molecule has 0 unspecified atom stereocenters. The van der Waals surface area contributed by atoms with Gasteiger partial charge in [0.15, 0.2) is 0 Å². The van der Waals surface area contributed by atoms with Gasteiger partial charge in [0, 0.05) is 38.0 Å². The summed E-state index contributed by atoms with van der Waals surface area (Å²) in [5.41, 5.74) is 6.03. The van der Waals surface area contributed by atoms with Gasteiger partial charge in [0.05, 0.1) is 37.9 Å². The number of nitrogens with zero attached hydrogens (tertiary/aromatic N) is 2. The highest BCUT2D eigenvalue weighted by Gasteiger charge is 2.55. The van der Waals surface area contributed by atoms with Crippen LogP contribution in [0.15, 0.2) is 30.3 Å². The van der Waals surface area contributed by atoms with E-state index in [0.717, 1.165) is 69.8 Å². The van der Waals surface area contributed by atoms with Gasteiger partial charge < -0.3 is 55.7 Å². The van der Waals surface area contributed by atoms with Gasteiger partial charge in [-0.25, -0.2) is 9.59 Å². The number of unbranched alkanes of at least 4 members (excludes halogenated alkanes) is 3. The van der Waals surface area contributed by atoms with Gasteiger partial charge in [-0.2, -0.15) is 0 Å². The van der Waals surface area contributed by atoms with Crippen molar-refractivity contribution in [1.29, 1.82) is 0 Å². The third-order valence-electron chi connectivity index (χ3n) is 13.9. The fraction of sp³-hybridized carbons (Fsp3) is 0.755. The summed E-state index contributed by atoms with van der Waals surface area (Å²) in [6.07, 6.45) is 10.9. The second-order valence-electron chi connectivity index (χ2n) is 21.4. The molecule has 1 saturated heterocycles. The smallest absolute Gasteiger partial charge is 0.410 e. The molecule has 6 N–H and O–H groups in total. The maximum Gasteiger partial charge on any atom is 0.410 e. The highest BCUT2D eigenvalue weighted by atomic mass is 16.6. The number of primary amides is 1. The number of nitrogens with two attached hydrogens (primary N) is 1. The second-order valence-corrected chi connectivity index (χ2v) is 21.4. The van der Waals surface area contributed by atoms with Crippen molar-refractivity contribution < 1.29 is 52.5 Å². The maximum atomic E-state index is 14.4. The van der Waals surface area contributed by atoms with E-state index >= 15 is 0 Å². The van der Waals surface area contributed by atoms with Crippen LogP contribution in [0, 0.1) is 17.3 Å². The minimum Gasteiger partial charge on any atom is -0.445 e. The first-order valence-corrected chi connectivity index (χ1v) is 26.4. The fourth-order valence-electron chi connectivity index (χ4n) is 9.87. The molecule has 6 atom stereocenters. The molecule has 2 saturated carbocycles. The van der Waals surface area contributed by atoms with Crippen LogP contribution < -0.4 is 27.0 Å². The van der Waals surface area contributed by atoms with Crippen molar-refractivity contribution in [2.24, 2.45) is 23.0 Å². The van der Waals surface area contributed by atoms with Crippen molar-refractivity contribution in [3.8, 4) is 0 Å². The van der Waals surface area contributed by atoms with Crippen molar-refractivity contribution >= 4 is 41.7 Å². The molecule has 1 aromatic rings. The van der Waals surface area contributed by atoms with E-state index in [0.29, 0.717) is 45.2 Å². The Morgan fingerprint density at radius 3 is 2.15 bits per heavy atom. The fourth-order valence-corrected chi connectivity index (χ4v) is 9.87. The molecule has 3 aliphatic rings. The summed E-state index contributed by atoms with van der Waals surface area (Å²) in [4.78, 5) is 96.6. The molecule has 0 bridgehead atoms. The number of likely N-dealkylation sites (tertiary alicyclic amines) is 1. The van der Waals surface area contributed by atoms with Crippen LogP contribution in [0.3, 0.4) is 0 Å². The molecular formula is C53H87N7O11. The SMILES string of the molecule is CCCCCC[C@@H](OC[C@@H](C)NC(=O)CCOC1CC2(C1)CN(C(=O)OC(C)(C)C)C2)[C@@H](C)C(=O)N(C)[C@@H](CCC)C(=O)N[C@H](C(=O)N[C@@H](CNC(=O)OCc1ccccc1)C(N)=O)C1CCCCCC1. The lowest BCUT2D eigenvalue weighted by Gasteiger charge is -2.58. The molecule has 0 radical (unpaired) electrons. The Labute approximate surface area is 422 Å². The zero-order valence-corrected chi connectivity index (χ0v) is 44.0. The predicted molar refractivity (Wildman–Crippen MR) is 269 cm³/mol. The van der Waals surface area contributed by atoms with Crippen molar-refractivity contribution in [1.82, 2.24) is 31.1 Å². The van der Waals surface area contributed by atoms with Gasteiger partial charge in [0.25, 0.3) is 0 Å². The average molecular weight is 998 g/mol. The van der Waals surface area contributed by atoms with E-state index in [-0.39, 0.29) is 74.2 Å². The molecule has 1 heterocycles. The Morgan fingerprint density at radius 2 is 1.54 bits per heavy atom. The summed E-state index contributed by atoms with van der Waals surface area (Å²) < 4.78 is 23.2. The lowest BCUT2D eigenvalue weighted by atomic mass is 9.62. The van der Waals surface area contributed by atoms with Gasteiger partial charge in [0.2, 0.25) is 29.5 Å². The molecule has 3 fully saturated rings. The van der Waals surface area contributed by atoms with E-state index in [9.17, 15) is 33.6 Å². The number of carbonyl (C=O) groups excluding carboxylic acids is 7. The van der Waals surface area contributed by atoms with E-state index in [4.69, 9.17) is 24.7 Å². The molecule has 2 aliphatic carbocycles. The zero-order valence-electron chi connectivity index (χ0n) is 44.0. The van der Waals surface area contributed by atoms with E-state index in [1.54, 1.807) is 24.1 Å². The van der Waals surface area contributed by atoms with Crippen LogP contribution in [0.4, 0.5) is 9.59 Å². The molecule has 1 aromatic carbocycles. The summed E-state index contributed by atoms with van der Waals surface area (Å²) in [5.74, 6) is -3.26. The number of benzene rings is 1. The van der Waals surface area contributed by atoms with Gasteiger partial charge in [0.1, 0.15) is 30.3 Å². The van der Waals surface area contributed by atoms with Crippen LogP contribution in [0.5, 0.6) is 0 Å². The van der Waals surface area contributed by atoms with Crippen molar-refractivity contribution in [3.05, 3.63) is 35.9 Å². The molecule has 1 spiro atoms. The molecule has 71 heavy (non-hydrogen) atoms. The Bertz CT molecular complexity index is 1860. The Morgan fingerprint density at radius 1 is 0.859 bits per heavy atom. The van der Waals surface area contributed by atoms with Crippen molar-refractivity contribution in [2.75, 3.05) is 39.9 Å². The van der Waals surface area contributed by atoms with E-state index in [1.807, 2.05) is 59.7 Å². The lowest BCUT2D eigenvalue weighted by molar-refractivity contribution is -0.150. The summed E-state index contributed by atoms with van der Waals surface area (Å²) >= 11 is 0. The van der Waals surface area contributed by atoms with Crippen molar-refractivity contribution in [2.45, 2.75) is 200 Å².